The maximum atomic E-state index is 12.1. The molecule has 3 N–H and O–H groups in total. The lowest BCUT2D eigenvalue weighted by Crippen LogP contribution is -2.39. The molecule has 0 spiro atoms. The summed E-state index contributed by atoms with van der Waals surface area (Å²) in [5.74, 6) is 0.573. The van der Waals surface area contributed by atoms with Crippen molar-refractivity contribution in [2.75, 3.05) is 26.7 Å². The summed E-state index contributed by atoms with van der Waals surface area (Å²) < 4.78 is 0. The lowest BCUT2D eigenvalue weighted by atomic mass is 9.98. The minimum atomic E-state index is 0.00327. The van der Waals surface area contributed by atoms with Gasteiger partial charge in [-0.1, -0.05) is 12.1 Å². The first-order valence-electron chi connectivity index (χ1n) is 6.95. The highest BCUT2D eigenvalue weighted by Crippen LogP contribution is 2.14. The molecule has 1 aliphatic rings. The molecule has 0 aromatic heterocycles. The van der Waals surface area contributed by atoms with Crippen LogP contribution in [0, 0.1) is 5.92 Å². The smallest absolute Gasteiger partial charge is 0.251 e. The molecule has 1 aliphatic heterocycles. The highest BCUT2D eigenvalue weighted by molar-refractivity contribution is 5.94. The second-order valence-electron chi connectivity index (χ2n) is 5.39. The number of nitrogens with zero attached hydrogens (tertiary/aromatic N) is 1. The largest absolute Gasteiger partial charge is 0.352 e. The van der Waals surface area contributed by atoms with Crippen molar-refractivity contribution in [2.45, 2.75) is 19.4 Å². The Kier molecular flexibility index (Phi) is 4.93. The summed E-state index contributed by atoms with van der Waals surface area (Å²) in [5, 5.41) is 3.03. The van der Waals surface area contributed by atoms with Gasteiger partial charge in [-0.05, 0) is 50.0 Å². The van der Waals surface area contributed by atoms with E-state index in [-0.39, 0.29) is 5.91 Å². The number of carbonyl (C=O) groups excluding carboxylic acids is 1. The number of amides is 1. The standard InChI is InChI=1S/C15H23N3O/c1-18-7-3-5-13(11-18)10-17-15(19)14-6-2-4-12(8-14)9-16/h2,4,6,8,13H,3,5,7,9-11,16H2,1H3,(H,17,19). The van der Waals surface area contributed by atoms with Crippen molar-refractivity contribution in [1.29, 1.82) is 0 Å². The van der Waals surface area contributed by atoms with Crippen molar-refractivity contribution in [1.82, 2.24) is 10.2 Å². The summed E-state index contributed by atoms with van der Waals surface area (Å²) in [6, 6.07) is 7.52. The normalized spacial score (nSPS) is 20.2. The fourth-order valence-electron chi connectivity index (χ4n) is 2.62. The number of rotatable bonds is 4. The number of benzene rings is 1. The zero-order valence-corrected chi connectivity index (χ0v) is 11.6. The average Bonchev–Trinajstić information content (AvgIpc) is 2.45. The highest BCUT2D eigenvalue weighted by atomic mass is 16.1. The van der Waals surface area contributed by atoms with E-state index >= 15 is 0 Å². The third-order valence-electron chi connectivity index (χ3n) is 3.70. The predicted molar refractivity (Wildman–Crippen MR) is 76.9 cm³/mol. The third kappa shape index (κ3) is 4.04. The number of hydrogen-bond acceptors (Lipinski definition) is 3. The molecule has 1 saturated heterocycles. The Balaban J connectivity index is 1.86. The van der Waals surface area contributed by atoms with Gasteiger partial charge in [-0.15, -0.1) is 0 Å². The molecule has 2 rings (SSSR count). The van der Waals surface area contributed by atoms with Crippen molar-refractivity contribution in [3.05, 3.63) is 35.4 Å². The summed E-state index contributed by atoms with van der Waals surface area (Å²) in [6.07, 6.45) is 2.42. The van der Waals surface area contributed by atoms with Crippen LogP contribution in [0.5, 0.6) is 0 Å². The quantitative estimate of drug-likeness (QED) is 0.856. The van der Waals surface area contributed by atoms with Crippen LogP contribution in [0.4, 0.5) is 0 Å². The molecule has 0 bridgehead atoms. The summed E-state index contributed by atoms with van der Waals surface area (Å²) in [6.45, 7) is 3.47. The maximum Gasteiger partial charge on any atom is 0.251 e. The number of likely N-dealkylation sites (tertiary alicyclic amines) is 1. The monoisotopic (exact) mass is 261 g/mol. The molecular weight excluding hydrogens is 238 g/mol. The van der Waals surface area contributed by atoms with Crippen molar-refractivity contribution < 1.29 is 4.79 Å². The van der Waals surface area contributed by atoms with Gasteiger partial charge in [-0.25, -0.2) is 0 Å². The first-order chi connectivity index (χ1) is 9.19. The number of nitrogens with one attached hydrogen (secondary N) is 1. The van der Waals surface area contributed by atoms with E-state index in [1.165, 1.54) is 19.4 Å². The molecule has 0 aliphatic carbocycles. The van der Waals surface area contributed by atoms with Crippen molar-refractivity contribution in [3.8, 4) is 0 Å². The number of carbonyl (C=O) groups is 1. The van der Waals surface area contributed by atoms with Crippen LogP contribution in [0.25, 0.3) is 0 Å². The van der Waals surface area contributed by atoms with Gasteiger partial charge in [-0.2, -0.15) is 0 Å². The van der Waals surface area contributed by atoms with Crippen LogP contribution in [0.1, 0.15) is 28.8 Å². The first kappa shape index (κ1) is 14.0. The topological polar surface area (TPSA) is 58.4 Å². The Morgan fingerprint density at radius 3 is 3.11 bits per heavy atom. The minimum Gasteiger partial charge on any atom is -0.352 e. The molecular formula is C15H23N3O. The van der Waals surface area contributed by atoms with Gasteiger partial charge >= 0.3 is 0 Å². The van der Waals surface area contributed by atoms with Crippen LogP contribution in [-0.2, 0) is 6.54 Å². The lowest BCUT2D eigenvalue weighted by Gasteiger charge is -2.29. The van der Waals surface area contributed by atoms with E-state index in [9.17, 15) is 4.79 Å². The molecule has 19 heavy (non-hydrogen) atoms. The maximum absolute atomic E-state index is 12.1. The second kappa shape index (κ2) is 6.68. The molecule has 1 atom stereocenters. The number of hydrogen-bond donors (Lipinski definition) is 2. The number of piperidine rings is 1. The summed E-state index contributed by atoms with van der Waals surface area (Å²) in [7, 11) is 2.14. The Morgan fingerprint density at radius 2 is 2.37 bits per heavy atom. The van der Waals surface area contributed by atoms with Gasteiger partial charge in [0, 0.05) is 25.2 Å². The van der Waals surface area contributed by atoms with E-state index in [0.29, 0.717) is 18.0 Å². The van der Waals surface area contributed by atoms with Crippen LogP contribution < -0.4 is 11.1 Å². The fourth-order valence-corrected chi connectivity index (χ4v) is 2.62. The second-order valence-corrected chi connectivity index (χ2v) is 5.39. The summed E-state index contributed by atoms with van der Waals surface area (Å²) >= 11 is 0. The van der Waals surface area contributed by atoms with Crippen LogP contribution in [0.2, 0.25) is 0 Å². The predicted octanol–water partition coefficient (Wildman–Crippen LogP) is 1.22. The molecule has 104 valence electrons. The molecule has 1 aromatic carbocycles. The van der Waals surface area contributed by atoms with Crippen LogP contribution in [0.15, 0.2) is 24.3 Å². The summed E-state index contributed by atoms with van der Waals surface area (Å²) in [4.78, 5) is 14.4. The van der Waals surface area contributed by atoms with Gasteiger partial charge in [0.25, 0.3) is 5.91 Å². The Morgan fingerprint density at radius 1 is 1.53 bits per heavy atom. The van der Waals surface area contributed by atoms with Gasteiger partial charge in [0.05, 0.1) is 0 Å². The fraction of sp³-hybridized carbons (Fsp3) is 0.533. The zero-order valence-electron chi connectivity index (χ0n) is 11.6. The van der Waals surface area contributed by atoms with E-state index < -0.39 is 0 Å². The highest BCUT2D eigenvalue weighted by Gasteiger charge is 2.17. The number of nitrogens with two attached hydrogens (primary N) is 1. The minimum absolute atomic E-state index is 0.00327. The van der Waals surface area contributed by atoms with Crippen LogP contribution in [0.3, 0.4) is 0 Å². The zero-order chi connectivity index (χ0) is 13.7. The molecule has 1 heterocycles. The average molecular weight is 261 g/mol. The SMILES string of the molecule is CN1CCCC(CNC(=O)c2cccc(CN)c2)C1. The molecule has 0 radical (unpaired) electrons. The molecule has 1 aromatic rings. The first-order valence-corrected chi connectivity index (χ1v) is 6.95. The molecule has 1 fully saturated rings. The third-order valence-corrected chi connectivity index (χ3v) is 3.70. The van der Waals surface area contributed by atoms with E-state index in [2.05, 4.69) is 17.3 Å². The van der Waals surface area contributed by atoms with Crippen molar-refractivity contribution in [2.24, 2.45) is 11.7 Å². The molecule has 4 heteroatoms. The van der Waals surface area contributed by atoms with Gasteiger partial charge in [0.15, 0.2) is 0 Å². The molecule has 0 saturated carbocycles. The molecule has 4 nitrogen and oxygen atoms in total. The van der Waals surface area contributed by atoms with Crippen molar-refractivity contribution >= 4 is 5.91 Å². The Labute approximate surface area is 115 Å². The van der Waals surface area contributed by atoms with E-state index in [0.717, 1.165) is 18.7 Å². The molecule has 1 amide bonds. The lowest BCUT2D eigenvalue weighted by molar-refractivity contribution is 0.0936. The van der Waals surface area contributed by atoms with Gasteiger partial charge in [0.2, 0.25) is 0 Å². The van der Waals surface area contributed by atoms with Crippen LogP contribution >= 0.6 is 0 Å². The summed E-state index contributed by atoms with van der Waals surface area (Å²) in [5.41, 5.74) is 7.28. The van der Waals surface area contributed by atoms with Crippen molar-refractivity contribution in [3.63, 3.8) is 0 Å². The van der Waals surface area contributed by atoms with E-state index in [1.54, 1.807) is 0 Å². The van der Waals surface area contributed by atoms with Gasteiger partial charge < -0.3 is 16.0 Å². The van der Waals surface area contributed by atoms with Gasteiger partial charge in [0.1, 0.15) is 0 Å². The Hall–Kier alpha value is -1.39. The van der Waals surface area contributed by atoms with Gasteiger partial charge in [-0.3, -0.25) is 4.79 Å². The van der Waals surface area contributed by atoms with Crippen LogP contribution in [-0.4, -0.2) is 37.5 Å². The van der Waals surface area contributed by atoms with E-state index in [1.807, 2.05) is 24.3 Å². The molecule has 1 unspecified atom stereocenters. The van der Waals surface area contributed by atoms with E-state index in [4.69, 9.17) is 5.73 Å². The Bertz CT molecular complexity index is 433.